The lowest BCUT2D eigenvalue weighted by atomic mass is 9.86. The van der Waals surface area contributed by atoms with Crippen molar-refractivity contribution < 1.29 is 9.90 Å². The third-order valence-electron chi connectivity index (χ3n) is 6.18. The Balaban J connectivity index is 1.56. The highest BCUT2D eigenvalue weighted by Crippen LogP contribution is 2.35. The second-order valence-electron chi connectivity index (χ2n) is 7.94. The van der Waals surface area contributed by atoms with Gasteiger partial charge in [0.05, 0.1) is 18.0 Å². The van der Waals surface area contributed by atoms with Crippen LogP contribution in [0.15, 0.2) is 12.7 Å². The lowest BCUT2D eigenvalue weighted by molar-refractivity contribution is -0.130. The smallest absolute Gasteiger partial charge is 0.219 e. The van der Waals surface area contributed by atoms with Crippen LogP contribution in [-0.2, 0) is 4.79 Å². The number of imidazole rings is 1. The van der Waals surface area contributed by atoms with Gasteiger partial charge in [-0.3, -0.25) is 9.69 Å². The van der Waals surface area contributed by atoms with Crippen molar-refractivity contribution in [2.45, 2.75) is 50.8 Å². The van der Waals surface area contributed by atoms with Crippen LogP contribution >= 0.6 is 0 Å². The lowest BCUT2D eigenvalue weighted by Crippen LogP contribution is -2.55. The van der Waals surface area contributed by atoms with Gasteiger partial charge in [0.1, 0.15) is 11.8 Å². The molecule has 2 aromatic rings. The van der Waals surface area contributed by atoms with Gasteiger partial charge in [0, 0.05) is 39.1 Å². The highest BCUT2D eigenvalue weighted by molar-refractivity contribution is 5.81. The molecule has 2 aromatic heterocycles. The number of hydrogen-bond donors (Lipinski definition) is 2. The molecule has 9 nitrogen and oxygen atoms in total. The maximum atomic E-state index is 11.6. The summed E-state index contributed by atoms with van der Waals surface area (Å²) in [5, 5.41) is 11.1. The van der Waals surface area contributed by atoms with Crippen molar-refractivity contribution in [3.05, 3.63) is 12.7 Å². The Labute approximate surface area is 158 Å². The summed E-state index contributed by atoms with van der Waals surface area (Å²) < 4.78 is 1.93. The molecule has 2 aliphatic heterocycles. The van der Waals surface area contributed by atoms with Gasteiger partial charge in [-0.05, 0) is 26.2 Å². The molecule has 4 heterocycles. The SMILES string of the molecule is CC(=O)N1CCC(N2CC[C@@](C)(O)[C@H](n3cnc4c(N)ncnc43)C2)CC1. The summed E-state index contributed by atoms with van der Waals surface area (Å²) in [6.07, 6.45) is 5.74. The van der Waals surface area contributed by atoms with E-state index in [1.54, 1.807) is 13.3 Å². The zero-order chi connectivity index (χ0) is 19.2. The maximum absolute atomic E-state index is 11.6. The van der Waals surface area contributed by atoms with Crippen LogP contribution in [0.5, 0.6) is 0 Å². The number of rotatable bonds is 2. The molecule has 2 fully saturated rings. The molecule has 1 amide bonds. The first-order valence-corrected chi connectivity index (χ1v) is 9.52. The second-order valence-corrected chi connectivity index (χ2v) is 7.94. The largest absolute Gasteiger partial charge is 0.388 e. The van der Waals surface area contributed by atoms with Crippen molar-refractivity contribution in [2.75, 3.05) is 31.9 Å². The average Bonchev–Trinajstić information content (AvgIpc) is 3.07. The Hall–Kier alpha value is -2.26. The van der Waals surface area contributed by atoms with Crippen LogP contribution < -0.4 is 5.73 Å². The second kappa shape index (κ2) is 6.72. The van der Waals surface area contributed by atoms with Gasteiger partial charge in [-0.25, -0.2) is 15.0 Å². The van der Waals surface area contributed by atoms with Gasteiger partial charge in [-0.2, -0.15) is 0 Å². The zero-order valence-electron chi connectivity index (χ0n) is 15.9. The molecule has 146 valence electrons. The summed E-state index contributed by atoms with van der Waals surface area (Å²) in [6, 6.07) is 0.255. The minimum atomic E-state index is -0.857. The third-order valence-corrected chi connectivity index (χ3v) is 6.18. The number of hydrogen-bond acceptors (Lipinski definition) is 7. The number of fused-ring (bicyclic) bond motifs is 1. The van der Waals surface area contributed by atoms with Gasteiger partial charge in [0.2, 0.25) is 5.91 Å². The van der Waals surface area contributed by atoms with E-state index in [1.165, 1.54) is 6.33 Å². The molecule has 0 unspecified atom stereocenters. The van der Waals surface area contributed by atoms with Crippen molar-refractivity contribution in [1.82, 2.24) is 29.3 Å². The van der Waals surface area contributed by atoms with Crippen molar-refractivity contribution in [3.63, 3.8) is 0 Å². The normalized spacial score (nSPS) is 28.0. The number of carbonyl (C=O) groups is 1. The topological polar surface area (TPSA) is 113 Å². The number of carbonyl (C=O) groups excluding carboxylic acids is 1. The fourth-order valence-electron chi connectivity index (χ4n) is 4.41. The molecule has 2 aliphatic rings. The van der Waals surface area contributed by atoms with Crippen molar-refractivity contribution in [2.24, 2.45) is 0 Å². The Morgan fingerprint density at radius 1 is 1.26 bits per heavy atom. The number of aliphatic hydroxyl groups is 1. The van der Waals surface area contributed by atoms with Crippen molar-refractivity contribution in [1.29, 1.82) is 0 Å². The van der Waals surface area contributed by atoms with Crippen molar-refractivity contribution >= 4 is 22.9 Å². The molecule has 27 heavy (non-hydrogen) atoms. The van der Waals surface area contributed by atoms with Crippen LogP contribution in [0.1, 0.15) is 39.2 Å². The molecule has 0 aliphatic carbocycles. The predicted octanol–water partition coefficient (Wildman–Crippen LogP) is 0.417. The van der Waals surface area contributed by atoms with Gasteiger partial charge >= 0.3 is 0 Å². The quantitative estimate of drug-likeness (QED) is 0.784. The van der Waals surface area contributed by atoms with Crippen molar-refractivity contribution in [3.8, 4) is 0 Å². The first-order valence-electron chi connectivity index (χ1n) is 9.52. The molecule has 3 N–H and O–H groups in total. The van der Waals surface area contributed by atoms with E-state index in [-0.39, 0.29) is 11.9 Å². The monoisotopic (exact) mass is 373 g/mol. The molecule has 0 bridgehead atoms. The number of piperidine rings is 2. The standard InChI is InChI=1S/C18H27N7O2/c1-12(26)23-6-3-13(4-7-23)24-8-5-18(2,27)14(9-24)25-11-22-15-16(19)20-10-21-17(15)25/h10-11,13-14,27H,3-9H2,1-2H3,(H2,19,20,21)/t14-,18-/m1/s1. The van der Waals surface area contributed by atoms with E-state index in [0.717, 1.165) is 32.5 Å². The van der Waals surface area contributed by atoms with Crippen LogP contribution in [0.2, 0.25) is 0 Å². The Bertz CT molecular complexity index is 841. The van der Waals surface area contributed by atoms with Gasteiger partial charge in [0.25, 0.3) is 0 Å². The third kappa shape index (κ3) is 3.25. The number of nitrogens with zero attached hydrogens (tertiary/aromatic N) is 6. The van der Waals surface area contributed by atoms with E-state index < -0.39 is 5.60 Å². The molecule has 2 atom stereocenters. The highest BCUT2D eigenvalue weighted by Gasteiger charge is 2.42. The maximum Gasteiger partial charge on any atom is 0.219 e. The van der Waals surface area contributed by atoms with E-state index in [4.69, 9.17) is 5.73 Å². The van der Waals surface area contributed by atoms with Gasteiger partial charge in [-0.15, -0.1) is 0 Å². The number of nitrogen functional groups attached to an aromatic ring is 1. The first kappa shape index (κ1) is 18.1. The number of amides is 1. The van der Waals surface area contributed by atoms with Gasteiger partial charge < -0.3 is 20.3 Å². The predicted molar refractivity (Wildman–Crippen MR) is 101 cm³/mol. The number of nitrogens with two attached hydrogens (primary N) is 1. The van der Waals surface area contributed by atoms with E-state index in [9.17, 15) is 9.90 Å². The molecular weight excluding hydrogens is 346 g/mol. The van der Waals surface area contributed by atoms with Crippen LogP contribution in [-0.4, -0.2) is 78.2 Å². The van der Waals surface area contributed by atoms with Crippen LogP contribution in [0.3, 0.4) is 0 Å². The van der Waals surface area contributed by atoms with Crippen LogP contribution in [0.25, 0.3) is 11.2 Å². The Morgan fingerprint density at radius 3 is 2.70 bits per heavy atom. The minimum absolute atomic E-state index is 0.148. The number of aromatic nitrogens is 4. The summed E-state index contributed by atoms with van der Waals surface area (Å²) in [5.41, 5.74) is 6.28. The molecule has 0 saturated carbocycles. The molecule has 0 spiro atoms. The Kier molecular flexibility index (Phi) is 4.51. The summed E-state index contributed by atoms with van der Waals surface area (Å²) >= 11 is 0. The molecule has 9 heteroatoms. The fourth-order valence-corrected chi connectivity index (χ4v) is 4.41. The summed E-state index contributed by atoms with van der Waals surface area (Å²) in [5.74, 6) is 0.498. The van der Waals surface area contributed by atoms with Crippen LogP contribution in [0, 0.1) is 0 Å². The molecular formula is C18H27N7O2. The molecule has 0 aromatic carbocycles. The Morgan fingerprint density at radius 2 is 2.00 bits per heavy atom. The minimum Gasteiger partial charge on any atom is -0.388 e. The summed E-state index contributed by atoms with van der Waals surface area (Å²) in [4.78, 5) is 28.6. The van der Waals surface area contributed by atoms with E-state index >= 15 is 0 Å². The highest BCUT2D eigenvalue weighted by atomic mass is 16.3. The van der Waals surface area contributed by atoms with Gasteiger partial charge in [0.15, 0.2) is 11.5 Å². The number of likely N-dealkylation sites (tertiary alicyclic amines) is 2. The van der Waals surface area contributed by atoms with Gasteiger partial charge in [-0.1, -0.05) is 0 Å². The average molecular weight is 373 g/mol. The summed E-state index contributed by atoms with van der Waals surface area (Å²) in [6.45, 7) is 6.67. The van der Waals surface area contributed by atoms with E-state index in [2.05, 4.69) is 19.9 Å². The fraction of sp³-hybridized carbons (Fsp3) is 0.667. The van der Waals surface area contributed by atoms with E-state index in [0.29, 0.717) is 36.0 Å². The molecule has 4 rings (SSSR count). The molecule has 2 saturated heterocycles. The number of anilines is 1. The lowest BCUT2D eigenvalue weighted by Gasteiger charge is -2.47. The first-order chi connectivity index (χ1) is 12.9. The molecule has 0 radical (unpaired) electrons. The van der Waals surface area contributed by atoms with E-state index in [1.807, 2.05) is 16.4 Å². The zero-order valence-corrected chi connectivity index (χ0v) is 15.9. The summed E-state index contributed by atoms with van der Waals surface area (Å²) in [7, 11) is 0. The van der Waals surface area contributed by atoms with Crippen LogP contribution in [0.4, 0.5) is 5.82 Å².